The molecule has 0 nitrogen and oxygen atoms in total. The van der Waals surface area contributed by atoms with E-state index in [9.17, 15) is 0 Å². The molecule has 0 unspecified atom stereocenters. The van der Waals surface area contributed by atoms with Crippen molar-refractivity contribution < 1.29 is 0 Å². The van der Waals surface area contributed by atoms with E-state index in [1.807, 2.05) is 0 Å². The van der Waals surface area contributed by atoms with Gasteiger partial charge >= 0.3 is 0 Å². The summed E-state index contributed by atoms with van der Waals surface area (Å²) >= 11 is 6.88. The molecule has 1 aromatic carbocycles. The van der Waals surface area contributed by atoms with Crippen LogP contribution in [0.4, 0.5) is 0 Å². The van der Waals surface area contributed by atoms with Crippen molar-refractivity contribution >= 4 is 31.9 Å². The lowest BCUT2D eigenvalue weighted by Crippen LogP contribution is -1.90. The van der Waals surface area contributed by atoms with Gasteiger partial charge in [-0.2, -0.15) is 0 Å². The molecule has 0 radical (unpaired) electrons. The average Bonchev–Trinajstić information content (AvgIpc) is 2.06. The minimum Gasteiger partial charge on any atom is -0.0924 e. The van der Waals surface area contributed by atoms with Crippen molar-refractivity contribution in [3.63, 3.8) is 0 Å². The van der Waals surface area contributed by atoms with Crippen molar-refractivity contribution in [3.05, 3.63) is 35.4 Å². The Kier molecular flexibility index (Phi) is 4.93. The molecule has 0 bridgehead atoms. The van der Waals surface area contributed by atoms with Gasteiger partial charge in [0.25, 0.3) is 0 Å². The Hall–Kier alpha value is 0.180. The second-order valence-corrected chi connectivity index (χ2v) is 4.28. The van der Waals surface area contributed by atoms with Crippen molar-refractivity contribution in [2.24, 2.45) is 0 Å². The molecular formula is C10H12Br2. The molecule has 0 aliphatic carbocycles. The van der Waals surface area contributed by atoms with Crippen LogP contribution >= 0.6 is 31.9 Å². The molecule has 2 heteroatoms. The fourth-order valence-electron chi connectivity index (χ4n) is 1.16. The van der Waals surface area contributed by atoms with E-state index in [2.05, 4.69) is 56.1 Å². The maximum Gasteiger partial charge on any atom is 0.00718 e. The van der Waals surface area contributed by atoms with Crippen LogP contribution in [-0.2, 0) is 12.8 Å². The molecule has 0 fully saturated rings. The van der Waals surface area contributed by atoms with Crippen molar-refractivity contribution in [1.29, 1.82) is 0 Å². The summed E-state index contributed by atoms with van der Waals surface area (Å²) in [4.78, 5) is 0. The third-order valence-corrected chi connectivity index (χ3v) is 2.55. The van der Waals surface area contributed by atoms with Crippen LogP contribution in [0, 0.1) is 0 Å². The molecule has 0 aromatic heterocycles. The van der Waals surface area contributed by atoms with Crippen molar-refractivity contribution in [2.75, 3.05) is 10.7 Å². The molecule has 0 aliphatic rings. The van der Waals surface area contributed by atoms with Gasteiger partial charge in [0.1, 0.15) is 0 Å². The van der Waals surface area contributed by atoms with Crippen LogP contribution in [0.2, 0.25) is 0 Å². The van der Waals surface area contributed by atoms with Crippen molar-refractivity contribution in [1.82, 2.24) is 0 Å². The number of alkyl halides is 2. The first kappa shape index (κ1) is 10.3. The van der Waals surface area contributed by atoms with Gasteiger partial charge in [0.2, 0.25) is 0 Å². The highest BCUT2D eigenvalue weighted by atomic mass is 79.9. The van der Waals surface area contributed by atoms with Gasteiger partial charge in [0.15, 0.2) is 0 Å². The van der Waals surface area contributed by atoms with E-state index >= 15 is 0 Å². The summed E-state index contributed by atoms with van der Waals surface area (Å²) in [7, 11) is 0. The highest BCUT2D eigenvalue weighted by molar-refractivity contribution is 9.09. The highest BCUT2D eigenvalue weighted by Gasteiger charge is 1.94. The van der Waals surface area contributed by atoms with E-state index in [4.69, 9.17) is 0 Å². The zero-order valence-corrected chi connectivity index (χ0v) is 10.1. The second-order valence-electron chi connectivity index (χ2n) is 2.70. The summed E-state index contributed by atoms with van der Waals surface area (Å²) in [6, 6.07) is 8.77. The van der Waals surface area contributed by atoms with Crippen LogP contribution in [0.5, 0.6) is 0 Å². The predicted octanol–water partition coefficient (Wildman–Crippen LogP) is 3.56. The van der Waals surface area contributed by atoms with Gasteiger partial charge in [-0.05, 0) is 24.0 Å². The molecule has 0 heterocycles. The Balaban J connectivity index is 2.67. The molecule has 0 spiro atoms. The maximum atomic E-state index is 3.44. The Morgan fingerprint density at radius 3 is 1.83 bits per heavy atom. The van der Waals surface area contributed by atoms with Crippen LogP contribution in [-0.4, -0.2) is 10.7 Å². The van der Waals surface area contributed by atoms with Crippen LogP contribution in [0.15, 0.2) is 24.3 Å². The fraction of sp³-hybridized carbons (Fsp3) is 0.400. The normalized spacial score (nSPS) is 10.2. The van der Waals surface area contributed by atoms with Crippen LogP contribution in [0.25, 0.3) is 0 Å². The first-order chi connectivity index (χ1) is 5.86. The molecule has 1 aromatic rings. The Morgan fingerprint density at radius 1 is 0.917 bits per heavy atom. The molecule has 0 atom stereocenters. The number of halogens is 2. The molecule has 0 saturated carbocycles. The first-order valence-electron chi connectivity index (χ1n) is 4.06. The summed E-state index contributed by atoms with van der Waals surface area (Å²) in [5.41, 5.74) is 2.84. The lowest BCUT2D eigenvalue weighted by Gasteiger charge is -2.01. The van der Waals surface area contributed by atoms with E-state index in [0.29, 0.717) is 0 Å². The third kappa shape index (κ3) is 3.28. The molecule has 0 N–H and O–H groups in total. The minimum absolute atomic E-state index is 1.05. The monoisotopic (exact) mass is 290 g/mol. The Labute approximate surface area is 90.6 Å². The minimum atomic E-state index is 1.05. The zero-order chi connectivity index (χ0) is 8.81. The zero-order valence-electron chi connectivity index (χ0n) is 6.89. The molecule has 1 rings (SSSR count). The molecule has 0 aliphatic heterocycles. The standard InChI is InChI=1S/C10H12Br2/c11-6-4-9-2-1-3-10(8-9)5-7-12/h1-3,8H,4-7H2. The van der Waals surface area contributed by atoms with Gasteiger partial charge in [-0.25, -0.2) is 0 Å². The quantitative estimate of drug-likeness (QED) is 0.744. The Morgan fingerprint density at radius 2 is 1.42 bits per heavy atom. The van der Waals surface area contributed by atoms with E-state index in [-0.39, 0.29) is 0 Å². The van der Waals surface area contributed by atoms with Crippen LogP contribution in [0.1, 0.15) is 11.1 Å². The van der Waals surface area contributed by atoms with Gasteiger partial charge in [-0.1, -0.05) is 56.1 Å². The number of rotatable bonds is 4. The maximum absolute atomic E-state index is 3.44. The first-order valence-corrected chi connectivity index (χ1v) is 6.31. The molecule has 0 amide bonds. The molecule has 0 saturated heterocycles. The fourth-order valence-corrected chi connectivity index (χ4v) is 2.07. The van der Waals surface area contributed by atoms with Gasteiger partial charge in [0, 0.05) is 10.7 Å². The van der Waals surface area contributed by atoms with Crippen LogP contribution in [0.3, 0.4) is 0 Å². The summed E-state index contributed by atoms with van der Waals surface area (Å²) in [6.45, 7) is 0. The topological polar surface area (TPSA) is 0 Å². The number of aryl methyl sites for hydroxylation is 2. The van der Waals surface area contributed by atoms with Gasteiger partial charge in [0.05, 0.1) is 0 Å². The summed E-state index contributed by atoms with van der Waals surface area (Å²) in [5.74, 6) is 0. The van der Waals surface area contributed by atoms with E-state index in [0.717, 1.165) is 23.5 Å². The van der Waals surface area contributed by atoms with Gasteiger partial charge in [-0.15, -0.1) is 0 Å². The molecular weight excluding hydrogens is 280 g/mol. The van der Waals surface area contributed by atoms with Crippen LogP contribution < -0.4 is 0 Å². The lowest BCUT2D eigenvalue weighted by molar-refractivity contribution is 1.11. The van der Waals surface area contributed by atoms with Crippen molar-refractivity contribution in [2.45, 2.75) is 12.8 Å². The summed E-state index contributed by atoms with van der Waals surface area (Å²) in [5, 5.41) is 2.09. The van der Waals surface area contributed by atoms with E-state index < -0.39 is 0 Å². The van der Waals surface area contributed by atoms with E-state index in [1.165, 1.54) is 11.1 Å². The SMILES string of the molecule is BrCCc1cccc(CCBr)c1. The number of benzene rings is 1. The average molecular weight is 292 g/mol. The molecule has 12 heavy (non-hydrogen) atoms. The lowest BCUT2D eigenvalue weighted by atomic mass is 10.1. The Bertz CT molecular complexity index is 212. The second kappa shape index (κ2) is 5.76. The third-order valence-electron chi connectivity index (χ3n) is 1.76. The van der Waals surface area contributed by atoms with E-state index in [1.54, 1.807) is 0 Å². The largest absolute Gasteiger partial charge is 0.0924 e. The van der Waals surface area contributed by atoms with Crippen molar-refractivity contribution in [3.8, 4) is 0 Å². The number of hydrogen-bond donors (Lipinski definition) is 0. The highest BCUT2D eigenvalue weighted by Crippen LogP contribution is 2.08. The summed E-state index contributed by atoms with van der Waals surface area (Å²) in [6.07, 6.45) is 2.24. The predicted molar refractivity (Wildman–Crippen MR) is 61.4 cm³/mol. The van der Waals surface area contributed by atoms with Gasteiger partial charge < -0.3 is 0 Å². The molecule has 66 valence electrons. The smallest absolute Gasteiger partial charge is 0.00718 e. The number of hydrogen-bond acceptors (Lipinski definition) is 0. The van der Waals surface area contributed by atoms with Gasteiger partial charge in [-0.3, -0.25) is 0 Å². The summed E-state index contributed by atoms with van der Waals surface area (Å²) < 4.78 is 0.